The first kappa shape index (κ1) is 21.3. The van der Waals surface area contributed by atoms with E-state index in [0.717, 1.165) is 12.2 Å². The monoisotopic (exact) mass is 425 g/mol. The van der Waals surface area contributed by atoms with Crippen LogP contribution in [0, 0.1) is 5.92 Å². The topological polar surface area (TPSA) is 77.6 Å². The maximum absolute atomic E-state index is 12.6. The number of pyridine rings is 1. The largest absolute Gasteiger partial charge is 0.362 e. The summed E-state index contributed by atoms with van der Waals surface area (Å²) >= 11 is 5.36. The summed E-state index contributed by atoms with van der Waals surface area (Å²) in [5, 5.41) is 6.99. The second kappa shape index (κ2) is 9.84. The van der Waals surface area contributed by atoms with Crippen LogP contribution in [0.25, 0.3) is 0 Å². The highest BCUT2D eigenvalue weighted by molar-refractivity contribution is 7.89. The predicted molar refractivity (Wildman–Crippen MR) is 117 cm³/mol. The maximum Gasteiger partial charge on any atom is 0.215 e. The van der Waals surface area contributed by atoms with Gasteiger partial charge in [0.25, 0.3) is 0 Å². The maximum atomic E-state index is 12.6. The molecule has 2 unspecified atom stereocenters. The van der Waals surface area contributed by atoms with Crippen LogP contribution in [0.15, 0.2) is 24.4 Å². The van der Waals surface area contributed by atoms with Crippen molar-refractivity contribution in [3.8, 4) is 0 Å². The Balaban J connectivity index is 1.40. The second-order valence-corrected chi connectivity index (χ2v) is 10.2. The lowest BCUT2D eigenvalue weighted by Gasteiger charge is -2.34. The number of thiocarbonyl (C=S) groups is 1. The molecular weight excluding hydrogens is 394 g/mol. The van der Waals surface area contributed by atoms with E-state index >= 15 is 0 Å². The Morgan fingerprint density at radius 2 is 1.96 bits per heavy atom. The second-order valence-electron chi connectivity index (χ2n) is 7.66. The molecule has 0 radical (unpaired) electrons. The number of anilines is 1. The molecule has 1 aliphatic heterocycles. The highest BCUT2D eigenvalue weighted by Crippen LogP contribution is 2.23. The predicted octanol–water partition coefficient (Wildman–Crippen LogP) is 1.58. The first-order valence-corrected chi connectivity index (χ1v) is 12.2. The van der Waals surface area contributed by atoms with Gasteiger partial charge in [-0.2, -0.15) is 4.31 Å². The summed E-state index contributed by atoms with van der Waals surface area (Å²) in [5.74, 6) is 1.56. The Labute approximate surface area is 173 Å². The summed E-state index contributed by atoms with van der Waals surface area (Å²) < 4.78 is 26.9. The number of nitrogens with one attached hydrogen (secondary N) is 2. The van der Waals surface area contributed by atoms with Gasteiger partial charge in [0.15, 0.2) is 5.11 Å². The Morgan fingerprint density at radius 1 is 1.21 bits per heavy atom. The van der Waals surface area contributed by atoms with Gasteiger partial charge < -0.3 is 15.5 Å². The van der Waals surface area contributed by atoms with Gasteiger partial charge in [-0.1, -0.05) is 25.8 Å². The van der Waals surface area contributed by atoms with Crippen molar-refractivity contribution in [1.82, 2.24) is 19.9 Å². The van der Waals surface area contributed by atoms with Crippen molar-refractivity contribution in [2.45, 2.75) is 38.6 Å². The zero-order valence-electron chi connectivity index (χ0n) is 16.5. The molecule has 1 aromatic heterocycles. The number of aromatic nitrogens is 1. The summed E-state index contributed by atoms with van der Waals surface area (Å²) in [6, 6.07) is 6.17. The molecule has 1 aromatic rings. The molecule has 1 aliphatic carbocycles. The van der Waals surface area contributed by atoms with Crippen LogP contribution in [0.2, 0.25) is 0 Å². The van der Waals surface area contributed by atoms with E-state index in [9.17, 15) is 8.42 Å². The van der Waals surface area contributed by atoms with Gasteiger partial charge in [-0.15, -0.1) is 0 Å². The molecule has 2 N–H and O–H groups in total. The third-order valence-electron chi connectivity index (χ3n) is 5.68. The zero-order valence-corrected chi connectivity index (χ0v) is 18.1. The number of sulfonamides is 1. The van der Waals surface area contributed by atoms with Crippen molar-refractivity contribution < 1.29 is 8.42 Å². The quantitative estimate of drug-likeness (QED) is 0.670. The molecule has 2 atom stereocenters. The summed E-state index contributed by atoms with van der Waals surface area (Å²) in [4.78, 5) is 6.46. The van der Waals surface area contributed by atoms with Gasteiger partial charge in [-0.25, -0.2) is 13.4 Å². The van der Waals surface area contributed by atoms with Crippen LogP contribution < -0.4 is 15.5 Å². The SMILES string of the molecule is CC1CCCCC1NC(=S)NCCS(=O)(=O)N1CCN(c2ccccn2)CC1. The zero-order chi connectivity index (χ0) is 20.0. The third-order valence-corrected chi connectivity index (χ3v) is 7.81. The van der Waals surface area contributed by atoms with Gasteiger partial charge >= 0.3 is 0 Å². The summed E-state index contributed by atoms with van der Waals surface area (Å²) in [5.41, 5.74) is 0. The summed E-state index contributed by atoms with van der Waals surface area (Å²) in [6.07, 6.45) is 6.62. The molecule has 28 heavy (non-hydrogen) atoms. The third kappa shape index (κ3) is 5.78. The molecule has 0 bridgehead atoms. The molecule has 2 fully saturated rings. The van der Waals surface area contributed by atoms with Gasteiger partial charge in [0.2, 0.25) is 10.0 Å². The van der Waals surface area contributed by atoms with Crippen LogP contribution in [-0.2, 0) is 10.0 Å². The number of rotatable bonds is 6. The van der Waals surface area contributed by atoms with Crippen LogP contribution in [0.4, 0.5) is 5.82 Å². The van der Waals surface area contributed by atoms with Crippen molar-refractivity contribution in [3.63, 3.8) is 0 Å². The fourth-order valence-electron chi connectivity index (χ4n) is 3.91. The van der Waals surface area contributed by atoms with Crippen LogP contribution >= 0.6 is 12.2 Å². The van der Waals surface area contributed by atoms with Crippen molar-refractivity contribution in [2.75, 3.05) is 43.4 Å². The molecule has 156 valence electrons. The number of nitrogens with zero attached hydrogens (tertiary/aromatic N) is 3. The van der Waals surface area contributed by atoms with E-state index in [2.05, 4.69) is 27.4 Å². The first-order valence-electron chi connectivity index (χ1n) is 10.1. The Kier molecular flexibility index (Phi) is 7.48. The molecule has 1 saturated heterocycles. The van der Waals surface area contributed by atoms with Gasteiger partial charge in [0.05, 0.1) is 5.75 Å². The van der Waals surface area contributed by atoms with Crippen LogP contribution in [0.1, 0.15) is 32.6 Å². The highest BCUT2D eigenvalue weighted by Gasteiger charge is 2.27. The first-order chi connectivity index (χ1) is 13.5. The molecule has 2 aliphatic rings. The van der Waals surface area contributed by atoms with E-state index in [1.165, 1.54) is 19.3 Å². The molecule has 1 saturated carbocycles. The van der Waals surface area contributed by atoms with E-state index in [0.29, 0.717) is 49.8 Å². The van der Waals surface area contributed by atoms with E-state index in [4.69, 9.17) is 12.2 Å². The van der Waals surface area contributed by atoms with Crippen LogP contribution in [0.5, 0.6) is 0 Å². The molecular formula is C19H31N5O2S2. The Hall–Kier alpha value is -1.45. The molecule has 9 heteroatoms. The van der Waals surface area contributed by atoms with Gasteiger partial charge in [0, 0.05) is 45.0 Å². The average Bonchev–Trinajstić information content (AvgIpc) is 2.70. The minimum atomic E-state index is -3.29. The smallest absolute Gasteiger partial charge is 0.215 e. The Morgan fingerprint density at radius 3 is 2.64 bits per heavy atom. The summed E-state index contributed by atoms with van der Waals surface area (Å²) in [7, 11) is -3.29. The van der Waals surface area contributed by atoms with E-state index in [1.807, 2.05) is 18.2 Å². The van der Waals surface area contributed by atoms with E-state index < -0.39 is 10.0 Å². The average molecular weight is 426 g/mol. The van der Waals surface area contributed by atoms with Crippen molar-refractivity contribution in [2.24, 2.45) is 5.92 Å². The lowest BCUT2D eigenvalue weighted by molar-refractivity contribution is 0.308. The fraction of sp³-hybridized carbons (Fsp3) is 0.684. The number of hydrogen-bond donors (Lipinski definition) is 2. The van der Waals surface area contributed by atoms with E-state index in [-0.39, 0.29) is 5.75 Å². The summed E-state index contributed by atoms with van der Waals surface area (Å²) in [6.45, 7) is 4.86. The van der Waals surface area contributed by atoms with Crippen LogP contribution in [-0.4, -0.2) is 67.3 Å². The molecule has 7 nitrogen and oxygen atoms in total. The Bertz CT molecular complexity index is 736. The molecule has 0 amide bonds. The standard InChI is InChI=1S/C19H31N5O2S2/c1-16-6-2-3-7-17(16)22-19(27)21-10-15-28(25,26)24-13-11-23(12-14-24)18-8-4-5-9-20-18/h4-5,8-9,16-17H,2-3,6-7,10-15H2,1H3,(H2,21,22,27). The molecule has 2 heterocycles. The molecule has 0 aromatic carbocycles. The molecule has 0 spiro atoms. The van der Waals surface area contributed by atoms with Crippen molar-refractivity contribution in [3.05, 3.63) is 24.4 Å². The van der Waals surface area contributed by atoms with Crippen molar-refractivity contribution >= 4 is 33.2 Å². The minimum Gasteiger partial charge on any atom is -0.362 e. The highest BCUT2D eigenvalue weighted by atomic mass is 32.2. The van der Waals surface area contributed by atoms with Gasteiger partial charge in [0.1, 0.15) is 5.82 Å². The minimum absolute atomic E-state index is 0.0542. The number of hydrogen-bond acceptors (Lipinski definition) is 5. The lowest BCUT2D eigenvalue weighted by atomic mass is 9.86. The van der Waals surface area contributed by atoms with Crippen LogP contribution in [0.3, 0.4) is 0 Å². The normalized spacial score (nSPS) is 24.0. The van der Waals surface area contributed by atoms with Gasteiger partial charge in [-0.3, -0.25) is 0 Å². The fourth-order valence-corrected chi connectivity index (χ4v) is 5.50. The lowest BCUT2D eigenvalue weighted by Crippen LogP contribution is -2.51. The van der Waals surface area contributed by atoms with Crippen molar-refractivity contribution in [1.29, 1.82) is 0 Å². The van der Waals surface area contributed by atoms with Gasteiger partial charge in [-0.05, 0) is 43.1 Å². The molecule has 3 rings (SSSR count). The number of piperazine rings is 1. The van der Waals surface area contributed by atoms with E-state index in [1.54, 1.807) is 10.5 Å².